The fourth-order valence-corrected chi connectivity index (χ4v) is 3.40. The average Bonchev–Trinajstić information content (AvgIpc) is 3.08. The normalized spacial score (nSPS) is 19.1. The van der Waals surface area contributed by atoms with Crippen LogP contribution in [0.15, 0.2) is 23.0 Å². The van der Waals surface area contributed by atoms with Crippen LogP contribution in [-0.4, -0.2) is 26.9 Å². The highest BCUT2D eigenvalue weighted by Gasteiger charge is 2.33. The molecule has 0 N–H and O–H groups in total. The van der Waals surface area contributed by atoms with Gasteiger partial charge in [-0.2, -0.15) is 11.3 Å². The molecular formula is C14H17N3OS. The molecule has 1 fully saturated rings. The second-order valence-electron chi connectivity index (χ2n) is 5.02. The Labute approximate surface area is 116 Å². The number of likely N-dealkylation sites (tertiary alicyclic amines) is 1. The van der Waals surface area contributed by atoms with Crippen LogP contribution in [0.25, 0.3) is 0 Å². The summed E-state index contributed by atoms with van der Waals surface area (Å²) in [4.78, 5) is 19.0. The molecule has 0 aliphatic carbocycles. The van der Waals surface area contributed by atoms with Crippen molar-refractivity contribution >= 4 is 17.2 Å². The maximum Gasteiger partial charge on any atom is 0.255 e. The Morgan fingerprint density at radius 2 is 2.37 bits per heavy atom. The van der Waals surface area contributed by atoms with E-state index in [1.165, 1.54) is 0 Å². The summed E-state index contributed by atoms with van der Waals surface area (Å²) in [5.74, 6) is 1.13. The van der Waals surface area contributed by atoms with Gasteiger partial charge in [0.2, 0.25) is 0 Å². The number of amides is 1. The van der Waals surface area contributed by atoms with Gasteiger partial charge in [-0.15, -0.1) is 0 Å². The monoisotopic (exact) mass is 275 g/mol. The molecule has 0 spiro atoms. The first-order valence-electron chi connectivity index (χ1n) is 6.50. The zero-order valence-corrected chi connectivity index (χ0v) is 12.0. The van der Waals surface area contributed by atoms with Crippen molar-refractivity contribution in [1.29, 1.82) is 0 Å². The number of hydrogen-bond donors (Lipinski definition) is 0. The van der Waals surface area contributed by atoms with E-state index in [1.807, 2.05) is 46.5 Å². The van der Waals surface area contributed by atoms with Crippen LogP contribution in [0.2, 0.25) is 0 Å². The Kier molecular flexibility index (Phi) is 3.14. The van der Waals surface area contributed by atoms with E-state index in [9.17, 15) is 4.79 Å². The second kappa shape index (κ2) is 4.81. The summed E-state index contributed by atoms with van der Waals surface area (Å²) >= 11 is 1.56. The first kappa shape index (κ1) is 12.4. The van der Waals surface area contributed by atoms with E-state index in [1.54, 1.807) is 11.3 Å². The molecule has 1 aliphatic rings. The molecule has 100 valence electrons. The minimum Gasteiger partial charge on any atom is -0.336 e. The van der Waals surface area contributed by atoms with Gasteiger partial charge < -0.3 is 9.47 Å². The van der Waals surface area contributed by atoms with Crippen molar-refractivity contribution < 1.29 is 4.79 Å². The summed E-state index contributed by atoms with van der Waals surface area (Å²) in [5.41, 5.74) is 1.80. The lowest BCUT2D eigenvalue weighted by Gasteiger charge is -2.24. The third-order valence-electron chi connectivity index (χ3n) is 3.61. The number of hydrogen-bond acceptors (Lipinski definition) is 3. The van der Waals surface area contributed by atoms with Gasteiger partial charge in [0.25, 0.3) is 5.91 Å². The van der Waals surface area contributed by atoms with Gasteiger partial charge >= 0.3 is 0 Å². The number of thiophene rings is 1. The van der Waals surface area contributed by atoms with E-state index in [-0.39, 0.29) is 11.9 Å². The maximum atomic E-state index is 12.5. The van der Waals surface area contributed by atoms with E-state index >= 15 is 0 Å². The molecule has 0 aromatic carbocycles. The molecule has 2 aromatic rings. The SMILES string of the molecule is Cc1cn(C)c([C@@H]2CCCN2C(=O)c2ccsc2)n1. The van der Waals surface area contributed by atoms with Gasteiger partial charge in [-0.1, -0.05) is 0 Å². The van der Waals surface area contributed by atoms with Crippen molar-refractivity contribution in [1.82, 2.24) is 14.5 Å². The minimum atomic E-state index is 0.117. The van der Waals surface area contributed by atoms with Crippen LogP contribution in [0.4, 0.5) is 0 Å². The van der Waals surface area contributed by atoms with Crippen molar-refractivity contribution in [2.75, 3.05) is 6.54 Å². The van der Waals surface area contributed by atoms with Crippen LogP contribution in [0.5, 0.6) is 0 Å². The molecule has 0 bridgehead atoms. The number of rotatable bonds is 2. The van der Waals surface area contributed by atoms with Gasteiger partial charge in [0.1, 0.15) is 5.82 Å². The third-order valence-corrected chi connectivity index (χ3v) is 4.30. The number of aryl methyl sites for hydroxylation is 2. The summed E-state index contributed by atoms with van der Waals surface area (Å²) in [6.45, 7) is 2.81. The summed E-state index contributed by atoms with van der Waals surface area (Å²) in [7, 11) is 2.00. The summed E-state index contributed by atoms with van der Waals surface area (Å²) in [5, 5.41) is 3.87. The molecule has 1 saturated heterocycles. The molecule has 0 saturated carbocycles. The first-order chi connectivity index (χ1) is 9.16. The van der Waals surface area contributed by atoms with Crippen LogP contribution in [-0.2, 0) is 7.05 Å². The van der Waals surface area contributed by atoms with Crippen molar-refractivity contribution in [3.63, 3.8) is 0 Å². The van der Waals surface area contributed by atoms with Crippen LogP contribution in [0.1, 0.15) is 40.8 Å². The molecule has 0 radical (unpaired) electrons. The van der Waals surface area contributed by atoms with Crippen LogP contribution >= 0.6 is 11.3 Å². The Morgan fingerprint density at radius 1 is 1.53 bits per heavy atom. The Balaban J connectivity index is 1.90. The van der Waals surface area contributed by atoms with E-state index in [4.69, 9.17) is 0 Å². The van der Waals surface area contributed by atoms with Gasteiger partial charge in [0, 0.05) is 25.2 Å². The highest BCUT2D eigenvalue weighted by atomic mass is 32.1. The van der Waals surface area contributed by atoms with E-state index in [2.05, 4.69) is 4.98 Å². The average molecular weight is 275 g/mol. The molecule has 0 unspecified atom stereocenters. The quantitative estimate of drug-likeness (QED) is 0.845. The topological polar surface area (TPSA) is 38.1 Å². The van der Waals surface area contributed by atoms with Crippen LogP contribution in [0, 0.1) is 6.92 Å². The third kappa shape index (κ3) is 2.18. The van der Waals surface area contributed by atoms with Crippen molar-refractivity contribution in [3.8, 4) is 0 Å². The number of nitrogens with zero attached hydrogens (tertiary/aromatic N) is 3. The molecular weight excluding hydrogens is 258 g/mol. The Bertz CT molecular complexity index is 588. The van der Waals surface area contributed by atoms with E-state index in [0.29, 0.717) is 0 Å². The van der Waals surface area contributed by atoms with Gasteiger partial charge in [0.05, 0.1) is 17.3 Å². The fourth-order valence-electron chi connectivity index (χ4n) is 2.77. The van der Waals surface area contributed by atoms with E-state index < -0.39 is 0 Å². The molecule has 1 atom stereocenters. The molecule has 1 amide bonds. The zero-order chi connectivity index (χ0) is 13.4. The van der Waals surface area contributed by atoms with Crippen LogP contribution in [0.3, 0.4) is 0 Å². The zero-order valence-electron chi connectivity index (χ0n) is 11.2. The lowest BCUT2D eigenvalue weighted by atomic mass is 10.2. The predicted octanol–water partition coefficient (Wildman–Crippen LogP) is 2.77. The number of carbonyl (C=O) groups excluding carboxylic acids is 1. The Morgan fingerprint density at radius 3 is 3.00 bits per heavy atom. The van der Waals surface area contributed by atoms with Gasteiger partial charge in [-0.3, -0.25) is 4.79 Å². The number of carbonyl (C=O) groups is 1. The number of aromatic nitrogens is 2. The Hall–Kier alpha value is -1.62. The minimum absolute atomic E-state index is 0.117. The highest BCUT2D eigenvalue weighted by molar-refractivity contribution is 7.08. The standard InChI is InChI=1S/C14H17N3OS/c1-10-8-16(2)13(15-10)12-4-3-6-17(12)14(18)11-5-7-19-9-11/h5,7-9,12H,3-4,6H2,1-2H3/t12-/m0/s1. The lowest BCUT2D eigenvalue weighted by Crippen LogP contribution is -2.31. The van der Waals surface area contributed by atoms with E-state index in [0.717, 1.165) is 36.5 Å². The van der Waals surface area contributed by atoms with Crippen molar-refractivity contribution in [2.24, 2.45) is 7.05 Å². The van der Waals surface area contributed by atoms with Gasteiger partial charge in [-0.25, -0.2) is 4.98 Å². The molecule has 4 nitrogen and oxygen atoms in total. The maximum absolute atomic E-state index is 12.5. The largest absolute Gasteiger partial charge is 0.336 e. The number of imidazole rings is 1. The molecule has 3 heterocycles. The second-order valence-corrected chi connectivity index (χ2v) is 5.80. The smallest absolute Gasteiger partial charge is 0.255 e. The molecule has 5 heteroatoms. The predicted molar refractivity (Wildman–Crippen MR) is 75.3 cm³/mol. The fraction of sp³-hybridized carbons (Fsp3) is 0.429. The molecule has 3 rings (SSSR count). The van der Waals surface area contributed by atoms with Gasteiger partial charge in [-0.05, 0) is 31.2 Å². The lowest BCUT2D eigenvalue weighted by molar-refractivity contribution is 0.0728. The first-order valence-corrected chi connectivity index (χ1v) is 7.44. The molecule has 1 aliphatic heterocycles. The van der Waals surface area contributed by atoms with Crippen molar-refractivity contribution in [2.45, 2.75) is 25.8 Å². The summed E-state index contributed by atoms with van der Waals surface area (Å²) in [6.07, 6.45) is 4.06. The van der Waals surface area contributed by atoms with Crippen LogP contribution < -0.4 is 0 Å². The summed E-state index contributed by atoms with van der Waals surface area (Å²) in [6, 6.07) is 2.01. The molecule has 19 heavy (non-hydrogen) atoms. The summed E-state index contributed by atoms with van der Waals surface area (Å²) < 4.78 is 2.04. The van der Waals surface area contributed by atoms with Crippen molar-refractivity contribution in [3.05, 3.63) is 40.1 Å². The van der Waals surface area contributed by atoms with Gasteiger partial charge in [0.15, 0.2) is 0 Å². The highest BCUT2D eigenvalue weighted by Crippen LogP contribution is 2.32. The molecule has 2 aromatic heterocycles.